The Morgan fingerprint density at radius 3 is 2.20 bits per heavy atom. The number of pyridine rings is 1. The number of nitrogens with zero attached hydrogens (tertiary/aromatic N) is 3. The zero-order valence-electron chi connectivity index (χ0n) is 44.2. The molecular formula is C55H52FIrN3O-2. The quantitative estimate of drug-likeness (QED) is 0.149. The van der Waals surface area contributed by atoms with Crippen LogP contribution in [0.2, 0.25) is 0 Å². The maximum absolute atomic E-state index is 14.6. The molecule has 0 bridgehead atoms. The summed E-state index contributed by atoms with van der Waals surface area (Å²) in [6.45, 7) is 8.58. The van der Waals surface area contributed by atoms with E-state index >= 15 is 0 Å². The van der Waals surface area contributed by atoms with Gasteiger partial charge in [-0.3, -0.25) is 4.98 Å². The van der Waals surface area contributed by atoms with E-state index in [0.29, 0.717) is 33.8 Å². The third-order valence-electron chi connectivity index (χ3n) is 10.4. The topological polar surface area (TPSA) is 43.9 Å². The number of imidazole rings is 1. The van der Waals surface area contributed by atoms with Crippen LogP contribution in [0.25, 0.3) is 72.4 Å². The van der Waals surface area contributed by atoms with Crippen molar-refractivity contribution in [2.24, 2.45) is 0 Å². The number of alkyl halides is 1. The Labute approximate surface area is 385 Å². The van der Waals surface area contributed by atoms with Gasteiger partial charge in [0.05, 0.1) is 22.4 Å². The molecule has 4 nitrogen and oxygen atoms in total. The molecule has 0 aliphatic carbocycles. The number of halogens is 1. The number of para-hydroxylation sites is 1. The van der Waals surface area contributed by atoms with E-state index in [1.54, 1.807) is 24.3 Å². The smallest absolute Gasteiger partial charge is 0.121 e. The Hall–Kier alpha value is -5.68. The number of aromatic nitrogens is 3. The Kier molecular flexibility index (Phi) is 9.39. The maximum atomic E-state index is 14.6. The number of benzene rings is 6. The third kappa shape index (κ3) is 9.32. The minimum absolute atomic E-state index is 0. The van der Waals surface area contributed by atoms with E-state index in [1.807, 2.05) is 74.5 Å². The molecule has 1 radical (unpaired) electrons. The molecule has 61 heavy (non-hydrogen) atoms. The zero-order chi connectivity index (χ0) is 50.1. The van der Waals surface area contributed by atoms with E-state index in [1.165, 1.54) is 43.8 Å². The molecule has 0 amide bonds. The fraction of sp³-hybridized carbons (Fsp3) is 0.236. The van der Waals surface area contributed by atoms with Crippen LogP contribution in [0, 0.1) is 25.8 Å². The van der Waals surface area contributed by atoms with Crippen LogP contribution in [-0.2, 0) is 31.9 Å². The molecule has 9 rings (SSSR count). The van der Waals surface area contributed by atoms with Crippen molar-refractivity contribution >= 4 is 33.0 Å². The van der Waals surface area contributed by atoms with Gasteiger partial charge in [-0.2, -0.15) is 0 Å². The molecule has 0 N–H and O–H groups in total. The van der Waals surface area contributed by atoms with Crippen molar-refractivity contribution in [3.05, 3.63) is 174 Å². The van der Waals surface area contributed by atoms with Crippen LogP contribution in [0.5, 0.6) is 0 Å². The van der Waals surface area contributed by atoms with Crippen molar-refractivity contribution in [2.45, 2.75) is 85.5 Å². The van der Waals surface area contributed by atoms with Gasteiger partial charge in [-0.1, -0.05) is 125 Å². The van der Waals surface area contributed by atoms with Crippen molar-refractivity contribution < 1.29 is 41.2 Å². The maximum Gasteiger partial charge on any atom is 0.121 e. The Morgan fingerprint density at radius 2 is 1.56 bits per heavy atom. The van der Waals surface area contributed by atoms with Gasteiger partial charge in [0.2, 0.25) is 0 Å². The van der Waals surface area contributed by atoms with Crippen molar-refractivity contribution in [2.75, 3.05) is 0 Å². The van der Waals surface area contributed by atoms with Gasteiger partial charge < -0.3 is 14.0 Å². The summed E-state index contributed by atoms with van der Waals surface area (Å²) < 4.78 is 92.6. The first-order valence-electron chi connectivity index (χ1n) is 24.4. The molecule has 0 saturated heterocycles. The van der Waals surface area contributed by atoms with E-state index < -0.39 is 31.6 Å². The van der Waals surface area contributed by atoms with Gasteiger partial charge in [-0.05, 0) is 95.3 Å². The van der Waals surface area contributed by atoms with Gasteiger partial charge in [0.25, 0.3) is 0 Å². The average molecular weight is 991 g/mol. The Bertz CT molecular complexity index is 3250. The summed E-state index contributed by atoms with van der Waals surface area (Å²) in [5.74, 6) is -0.185. The molecule has 0 spiro atoms. The summed E-state index contributed by atoms with van der Waals surface area (Å²) >= 11 is 0. The molecular weight excluding hydrogens is 930 g/mol. The Balaban J connectivity index is 0.000000289. The molecule has 0 fully saturated rings. The molecule has 0 atom stereocenters. The summed E-state index contributed by atoms with van der Waals surface area (Å²) in [4.78, 5) is 9.24. The monoisotopic (exact) mass is 991 g/mol. The van der Waals surface area contributed by atoms with E-state index in [9.17, 15) is 4.39 Å². The number of hydrogen-bond acceptors (Lipinski definition) is 3. The second kappa shape index (κ2) is 17.4. The minimum atomic E-state index is -2.18. The fourth-order valence-electron chi connectivity index (χ4n) is 7.37. The predicted octanol–water partition coefficient (Wildman–Crippen LogP) is 14.9. The van der Waals surface area contributed by atoms with Crippen LogP contribution in [0.15, 0.2) is 138 Å². The number of rotatable bonds is 7. The molecule has 0 unspecified atom stereocenters. The number of hydrogen-bond donors (Lipinski definition) is 0. The Morgan fingerprint density at radius 1 is 0.820 bits per heavy atom. The van der Waals surface area contributed by atoms with Crippen molar-refractivity contribution in [1.82, 2.24) is 14.5 Å². The van der Waals surface area contributed by atoms with E-state index in [0.717, 1.165) is 49.7 Å². The summed E-state index contributed by atoms with van der Waals surface area (Å²) in [7, 11) is 0. The summed E-state index contributed by atoms with van der Waals surface area (Å²) in [6, 6.07) is 45.3. The predicted molar refractivity (Wildman–Crippen MR) is 248 cm³/mol. The molecule has 9 aromatic rings. The van der Waals surface area contributed by atoms with Crippen LogP contribution in [0.1, 0.15) is 94.5 Å². The van der Waals surface area contributed by atoms with Crippen LogP contribution >= 0.6 is 0 Å². The molecule has 3 aromatic heterocycles. The van der Waals surface area contributed by atoms with E-state index in [-0.39, 0.29) is 36.6 Å². The first kappa shape index (κ1) is 33.0. The first-order chi connectivity index (χ1) is 32.1. The normalized spacial score (nSPS) is 14.9. The first-order valence-corrected chi connectivity index (χ1v) is 19.9. The third-order valence-corrected chi connectivity index (χ3v) is 10.4. The van der Waals surface area contributed by atoms with Crippen molar-refractivity contribution in [1.29, 1.82) is 0 Å². The van der Waals surface area contributed by atoms with Gasteiger partial charge in [-0.25, -0.2) is 4.39 Å². The number of aryl methyl sites for hydroxylation is 2. The van der Waals surface area contributed by atoms with Gasteiger partial charge in [-0.15, -0.1) is 53.6 Å². The molecule has 0 aliphatic heterocycles. The summed E-state index contributed by atoms with van der Waals surface area (Å²) in [5.41, 5.74) is 8.39. The van der Waals surface area contributed by atoms with Crippen LogP contribution in [0.4, 0.5) is 4.39 Å². The molecule has 3 heterocycles. The van der Waals surface area contributed by atoms with Crippen molar-refractivity contribution in [3.8, 4) is 39.5 Å². The van der Waals surface area contributed by atoms with Gasteiger partial charge in [0.15, 0.2) is 0 Å². The zero-order valence-corrected chi connectivity index (χ0v) is 37.6. The molecule has 6 heteroatoms. The number of furan rings is 1. The van der Waals surface area contributed by atoms with Crippen LogP contribution in [0.3, 0.4) is 0 Å². The molecule has 6 aromatic carbocycles. The standard InChI is InChI=1S/C42H40FN2O.C13H12N.Ir/c1-26(2)32-10-9-13-36-38(32)45(31-21-19-30(20-22-31)41(3,4)5)40(44-36)35-12-8-11-34-33-23-18-29(24-37(33)46-39(34)35)28-16-14-27(15-17-28)25-42(6,7)43;1-10-3-6-12(7-4-10)13-8-5-11(2)9-14-13;/h8-11,13-24,26H,25H2,1-7H3;3-6,8-9H,1-2H3;/q2*-1;/i25D2,26D;1D3,2D3;. The van der Waals surface area contributed by atoms with Gasteiger partial charge >= 0.3 is 0 Å². The second-order valence-corrected chi connectivity index (χ2v) is 16.7. The fourth-order valence-corrected chi connectivity index (χ4v) is 7.37. The minimum Gasteiger partial charge on any atom is -0.501 e. The summed E-state index contributed by atoms with van der Waals surface area (Å²) in [6.07, 6.45) is -0.822. The average Bonchev–Trinajstić information content (AvgIpc) is 3.86. The number of fused-ring (bicyclic) bond motifs is 4. The molecule has 311 valence electrons. The SMILES string of the molecule is [2H]C(C)(C)c1cccc2nc(-c3[c-]ccc4c3oc3cc(-c5ccc(C([2H])([2H])C(C)(C)F)cc5)ccc34)n(-c3ccc(C(C)(C)C)cc3)c12.[2H]C([2H])([2H])c1c[c-]c(-c2ccc(C([2H])([2H])[2H])cn2)cc1.[Ir]. The van der Waals surface area contributed by atoms with Crippen molar-refractivity contribution in [3.63, 3.8) is 0 Å². The van der Waals surface area contributed by atoms with E-state index in [2.05, 4.69) is 66.7 Å². The van der Waals surface area contributed by atoms with E-state index in [4.69, 9.17) is 21.7 Å². The van der Waals surface area contributed by atoms with Gasteiger partial charge in [0.1, 0.15) is 11.3 Å². The second-order valence-electron chi connectivity index (χ2n) is 16.7. The van der Waals surface area contributed by atoms with Crippen LogP contribution < -0.4 is 0 Å². The molecule has 0 aliphatic rings. The summed E-state index contributed by atoms with van der Waals surface area (Å²) in [5, 5.41) is 1.89. The van der Waals surface area contributed by atoms with Gasteiger partial charge in [0, 0.05) is 56.1 Å². The van der Waals surface area contributed by atoms with Crippen LogP contribution in [-0.4, -0.2) is 20.2 Å². The molecule has 0 saturated carbocycles. The largest absolute Gasteiger partial charge is 0.501 e.